The molecule has 10 heteroatoms. The minimum atomic E-state index is -0.491. The molecule has 5 rings (SSSR count). The molecule has 0 aliphatic carbocycles. The van der Waals surface area contributed by atoms with Gasteiger partial charge in [0.1, 0.15) is 34.5 Å². The average Bonchev–Trinajstić information content (AvgIpc) is 2.95. The minimum Gasteiger partial charge on any atom is -0.506 e. The first-order valence-electron chi connectivity index (χ1n) is 12.0. The van der Waals surface area contributed by atoms with Crippen molar-refractivity contribution in [3.63, 3.8) is 0 Å². The van der Waals surface area contributed by atoms with E-state index in [1.165, 1.54) is 12.1 Å². The number of halogens is 2. The first kappa shape index (κ1) is 24.8. The van der Waals surface area contributed by atoms with E-state index in [0.29, 0.717) is 11.4 Å². The Kier molecular flexibility index (Phi) is 7.21. The van der Waals surface area contributed by atoms with Crippen LogP contribution in [-0.4, -0.2) is 36.4 Å². The lowest BCUT2D eigenvalue weighted by Gasteiger charge is -2.37. The van der Waals surface area contributed by atoms with Gasteiger partial charge in [0.15, 0.2) is 0 Å². The molecule has 4 aromatic rings. The molecule has 0 aromatic heterocycles. The smallest absolute Gasteiger partial charge is 0.143 e. The molecule has 1 saturated heterocycles. The average molecular weight is 515 g/mol. The highest BCUT2D eigenvalue weighted by atomic mass is 19.1. The van der Waals surface area contributed by atoms with E-state index < -0.39 is 11.6 Å². The van der Waals surface area contributed by atoms with Crippen LogP contribution in [0.25, 0.3) is 0 Å². The SMILES string of the molecule is Oc1ccc(F)cc1/N=N/c1ccc(N2CCN(c3ccc(/N=N/c4cc(F)ccc4O)cc3)CC2)cc1. The third-order valence-corrected chi connectivity index (χ3v) is 6.13. The molecule has 1 fully saturated rings. The van der Waals surface area contributed by atoms with E-state index in [0.717, 1.165) is 61.8 Å². The van der Waals surface area contributed by atoms with Crippen LogP contribution >= 0.6 is 0 Å². The van der Waals surface area contributed by atoms with E-state index >= 15 is 0 Å². The Morgan fingerprint density at radius 1 is 0.500 bits per heavy atom. The number of hydrogen-bond acceptors (Lipinski definition) is 8. The molecule has 0 bridgehead atoms. The van der Waals surface area contributed by atoms with Crippen molar-refractivity contribution in [2.75, 3.05) is 36.0 Å². The second-order valence-electron chi connectivity index (χ2n) is 8.67. The van der Waals surface area contributed by atoms with Gasteiger partial charge in [-0.05, 0) is 72.8 Å². The summed E-state index contributed by atoms with van der Waals surface area (Å²) in [5.74, 6) is -1.25. The maximum Gasteiger partial charge on any atom is 0.143 e. The molecule has 0 saturated carbocycles. The van der Waals surface area contributed by atoms with Crippen LogP contribution in [0.2, 0.25) is 0 Å². The van der Waals surface area contributed by atoms with E-state index in [1.807, 2.05) is 48.5 Å². The Morgan fingerprint density at radius 2 is 0.868 bits per heavy atom. The quantitative estimate of drug-likeness (QED) is 0.260. The van der Waals surface area contributed by atoms with Gasteiger partial charge in [-0.1, -0.05) is 0 Å². The van der Waals surface area contributed by atoms with Crippen LogP contribution in [0.1, 0.15) is 0 Å². The molecule has 0 atom stereocenters. The predicted molar refractivity (Wildman–Crippen MR) is 142 cm³/mol. The number of anilines is 2. The number of rotatable bonds is 6. The van der Waals surface area contributed by atoms with Crippen LogP contribution in [0.15, 0.2) is 105 Å². The highest BCUT2D eigenvalue weighted by molar-refractivity contribution is 5.58. The van der Waals surface area contributed by atoms with Gasteiger partial charge in [-0.2, -0.15) is 10.2 Å². The number of piperazine rings is 1. The van der Waals surface area contributed by atoms with E-state index in [9.17, 15) is 19.0 Å². The van der Waals surface area contributed by atoms with Crippen molar-refractivity contribution in [3.05, 3.63) is 96.6 Å². The third-order valence-electron chi connectivity index (χ3n) is 6.13. The first-order valence-corrected chi connectivity index (χ1v) is 12.0. The van der Waals surface area contributed by atoms with Gasteiger partial charge in [-0.25, -0.2) is 8.78 Å². The standard InChI is InChI=1S/C28H24F2N6O2/c29-19-1-11-27(37)25(17-19)33-31-21-3-7-23(8-4-21)35-13-15-36(16-14-35)24-9-5-22(6-10-24)32-34-26-18-20(30)2-12-28(26)38/h1-12,17-18,37-38H,13-16H2/b33-31+,34-32+. The van der Waals surface area contributed by atoms with Gasteiger partial charge in [0, 0.05) is 49.7 Å². The fraction of sp³-hybridized carbons (Fsp3) is 0.143. The monoisotopic (exact) mass is 514 g/mol. The molecule has 192 valence electrons. The number of phenolic OH excluding ortho intramolecular Hbond substituents is 2. The number of benzene rings is 4. The van der Waals surface area contributed by atoms with Crippen LogP contribution in [0.4, 0.5) is 42.9 Å². The Morgan fingerprint density at radius 3 is 1.24 bits per heavy atom. The fourth-order valence-corrected chi connectivity index (χ4v) is 4.06. The third kappa shape index (κ3) is 5.92. The van der Waals surface area contributed by atoms with Crippen LogP contribution in [0.3, 0.4) is 0 Å². The van der Waals surface area contributed by atoms with Crippen molar-refractivity contribution in [1.29, 1.82) is 0 Å². The van der Waals surface area contributed by atoms with Crippen molar-refractivity contribution in [2.45, 2.75) is 0 Å². The number of phenols is 2. The maximum atomic E-state index is 13.4. The van der Waals surface area contributed by atoms with Crippen molar-refractivity contribution in [1.82, 2.24) is 0 Å². The second kappa shape index (κ2) is 11.0. The molecule has 0 radical (unpaired) electrons. The Balaban J connectivity index is 1.16. The van der Waals surface area contributed by atoms with Crippen molar-refractivity contribution in [2.24, 2.45) is 20.5 Å². The van der Waals surface area contributed by atoms with E-state index in [1.54, 1.807) is 0 Å². The molecule has 0 amide bonds. The second-order valence-corrected chi connectivity index (χ2v) is 8.67. The molecule has 4 aromatic carbocycles. The summed E-state index contributed by atoms with van der Waals surface area (Å²) in [6.45, 7) is 3.33. The van der Waals surface area contributed by atoms with Gasteiger partial charge in [0.25, 0.3) is 0 Å². The van der Waals surface area contributed by atoms with Crippen molar-refractivity contribution in [3.8, 4) is 11.5 Å². The Hall–Kier alpha value is -4.86. The fourth-order valence-electron chi connectivity index (χ4n) is 4.06. The van der Waals surface area contributed by atoms with Gasteiger partial charge in [-0.3, -0.25) is 0 Å². The lowest BCUT2D eigenvalue weighted by Crippen LogP contribution is -2.46. The molecule has 2 N–H and O–H groups in total. The zero-order valence-corrected chi connectivity index (χ0v) is 20.2. The topological polar surface area (TPSA) is 96.4 Å². The zero-order valence-electron chi connectivity index (χ0n) is 20.2. The number of hydrogen-bond donors (Lipinski definition) is 2. The summed E-state index contributed by atoms with van der Waals surface area (Å²) in [4.78, 5) is 4.56. The van der Waals surface area contributed by atoms with Gasteiger partial charge >= 0.3 is 0 Å². The molecule has 0 unspecified atom stereocenters. The highest BCUT2D eigenvalue weighted by Gasteiger charge is 2.17. The minimum absolute atomic E-state index is 0.0761. The first-order chi connectivity index (χ1) is 18.4. The normalized spacial score (nSPS) is 14.1. The molecule has 1 heterocycles. The molecule has 1 aliphatic rings. The summed E-state index contributed by atoms with van der Waals surface area (Å²) in [5.41, 5.74) is 3.48. The largest absolute Gasteiger partial charge is 0.506 e. The number of azo groups is 2. The summed E-state index contributed by atoms with van der Waals surface area (Å²) in [6.07, 6.45) is 0. The summed E-state index contributed by atoms with van der Waals surface area (Å²) in [7, 11) is 0. The van der Waals surface area contributed by atoms with Gasteiger partial charge in [0.05, 0.1) is 11.4 Å². The Labute approximate surface area is 217 Å². The molecule has 0 spiro atoms. The summed E-state index contributed by atoms with van der Waals surface area (Å²) < 4.78 is 26.7. The van der Waals surface area contributed by atoms with Gasteiger partial charge < -0.3 is 20.0 Å². The predicted octanol–water partition coefficient (Wildman–Crippen LogP) is 7.53. The molecular formula is C28H24F2N6O2. The van der Waals surface area contributed by atoms with Crippen LogP contribution < -0.4 is 9.80 Å². The number of nitrogens with zero attached hydrogens (tertiary/aromatic N) is 6. The Bertz CT molecular complexity index is 1360. The highest BCUT2D eigenvalue weighted by Crippen LogP contribution is 2.31. The maximum absolute atomic E-state index is 13.4. The summed E-state index contributed by atoms with van der Waals surface area (Å²) >= 11 is 0. The summed E-state index contributed by atoms with van der Waals surface area (Å²) in [5, 5.41) is 35.6. The van der Waals surface area contributed by atoms with Crippen LogP contribution in [-0.2, 0) is 0 Å². The van der Waals surface area contributed by atoms with Crippen molar-refractivity contribution >= 4 is 34.1 Å². The molecular weight excluding hydrogens is 490 g/mol. The lowest BCUT2D eigenvalue weighted by molar-refractivity contribution is 0.474. The van der Waals surface area contributed by atoms with Crippen LogP contribution in [0, 0.1) is 11.6 Å². The van der Waals surface area contributed by atoms with E-state index in [4.69, 9.17) is 0 Å². The number of aromatic hydroxyl groups is 2. The van der Waals surface area contributed by atoms with Gasteiger partial charge in [0.2, 0.25) is 0 Å². The summed E-state index contributed by atoms with van der Waals surface area (Å²) in [6, 6.07) is 22.2. The molecule has 8 nitrogen and oxygen atoms in total. The van der Waals surface area contributed by atoms with Crippen LogP contribution in [0.5, 0.6) is 11.5 Å². The van der Waals surface area contributed by atoms with Crippen molar-refractivity contribution < 1.29 is 19.0 Å². The van der Waals surface area contributed by atoms with E-state index in [-0.39, 0.29) is 22.9 Å². The van der Waals surface area contributed by atoms with Gasteiger partial charge in [-0.15, -0.1) is 10.2 Å². The molecule has 1 aliphatic heterocycles. The van der Waals surface area contributed by atoms with E-state index in [2.05, 4.69) is 30.3 Å². The molecule has 38 heavy (non-hydrogen) atoms. The lowest BCUT2D eigenvalue weighted by atomic mass is 10.2. The zero-order chi connectivity index (χ0) is 26.5.